The standard InChI is InChI=1S/C13H27NOS/c1-10(2)12-5-7-13(8-6-12)14-9-11(3)16(4)15/h10-14H,5-9H2,1-4H3. The van der Waals surface area contributed by atoms with E-state index in [1.54, 1.807) is 6.26 Å². The largest absolute Gasteiger partial charge is 0.313 e. The van der Waals surface area contributed by atoms with Gasteiger partial charge in [-0.1, -0.05) is 13.8 Å². The molecule has 1 aliphatic carbocycles. The van der Waals surface area contributed by atoms with Crippen LogP contribution in [0.15, 0.2) is 0 Å². The second-order valence-electron chi connectivity index (χ2n) is 5.57. The van der Waals surface area contributed by atoms with Crippen molar-refractivity contribution < 1.29 is 4.21 Å². The van der Waals surface area contributed by atoms with Crippen molar-refractivity contribution in [1.82, 2.24) is 5.32 Å². The van der Waals surface area contributed by atoms with Crippen LogP contribution in [-0.2, 0) is 10.8 Å². The minimum absolute atomic E-state index is 0.280. The number of hydrogen-bond donors (Lipinski definition) is 1. The molecule has 0 aromatic rings. The van der Waals surface area contributed by atoms with E-state index < -0.39 is 10.8 Å². The van der Waals surface area contributed by atoms with Crippen LogP contribution in [0.5, 0.6) is 0 Å². The molecule has 0 aromatic carbocycles. The van der Waals surface area contributed by atoms with Crippen molar-refractivity contribution >= 4 is 10.8 Å². The van der Waals surface area contributed by atoms with Crippen LogP contribution in [0, 0.1) is 11.8 Å². The van der Waals surface area contributed by atoms with E-state index in [1.807, 2.05) is 0 Å². The van der Waals surface area contributed by atoms with Crippen LogP contribution in [0.1, 0.15) is 46.5 Å². The van der Waals surface area contributed by atoms with Crippen LogP contribution in [0.3, 0.4) is 0 Å². The summed E-state index contributed by atoms with van der Waals surface area (Å²) in [4.78, 5) is 0. The van der Waals surface area contributed by atoms with Crippen LogP contribution in [-0.4, -0.2) is 28.3 Å². The number of hydrogen-bond acceptors (Lipinski definition) is 2. The lowest BCUT2D eigenvalue weighted by Gasteiger charge is -2.31. The SMILES string of the molecule is CC(C)C1CCC(NCC(C)S(C)=O)CC1. The predicted molar refractivity (Wildman–Crippen MR) is 72.1 cm³/mol. The molecule has 1 rings (SSSR count). The molecule has 96 valence electrons. The van der Waals surface area contributed by atoms with E-state index in [9.17, 15) is 4.21 Å². The van der Waals surface area contributed by atoms with Crippen LogP contribution in [0.4, 0.5) is 0 Å². The Morgan fingerprint density at radius 3 is 2.19 bits per heavy atom. The quantitative estimate of drug-likeness (QED) is 0.806. The molecule has 1 fully saturated rings. The van der Waals surface area contributed by atoms with Crippen LogP contribution in [0.25, 0.3) is 0 Å². The van der Waals surface area contributed by atoms with Crippen molar-refractivity contribution in [3.63, 3.8) is 0 Å². The summed E-state index contributed by atoms with van der Waals surface area (Å²) in [5.41, 5.74) is 0. The molecule has 2 atom stereocenters. The highest BCUT2D eigenvalue weighted by atomic mass is 32.2. The maximum Gasteiger partial charge on any atom is 0.0441 e. The molecule has 1 N–H and O–H groups in total. The number of rotatable bonds is 5. The van der Waals surface area contributed by atoms with E-state index in [1.165, 1.54) is 25.7 Å². The van der Waals surface area contributed by atoms with E-state index in [0.717, 1.165) is 18.4 Å². The third kappa shape index (κ3) is 4.54. The maximum absolute atomic E-state index is 11.2. The van der Waals surface area contributed by atoms with Gasteiger partial charge in [0, 0.05) is 34.9 Å². The second kappa shape index (κ2) is 6.75. The molecule has 0 amide bonds. The summed E-state index contributed by atoms with van der Waals surface area (Å²) in [5.74, 6) is 1.76. The lowest BCUT2D eigenvalue weighted by Crippen LogP contribution is -2.38. The highest BCUT2D eigenvalue weighted by molar-refractivity contribution is 7.84. The molecular weight excluding hydrogens is 218 g/mol. The minimum atomic E-state index is -0.691. The molecule has 0 bridgehead atoms. The van der Waals surface area contributed by atoms with Gasteiger partial charge in [0.15, 0.2) is 0 Å². The molecule has 0 heterocycles. The van der Waals surface area contributed by atoms with E-state index >= 15 is 0 Å². The van der Waals surface area contributed by atoms with E-state index in [2.05, 4.69) is 26.1 Å². The first-order valence-electron chi connectivity index (χ1n) is 6.56. The lowest BCUT2D eigenvalue weighted by atomic mass is 9.80. The maximum atomic E-state index is 11.2. The van der Waals surface area contributed by atoms with Gasteiger partial charge in [-0.05, 0) is 44.4 Å². The van der Waals surface area contributed by atoms with Gasteiger partial charge < -0.3 is 5.32 Å². The van der Waals surface area contributed by atoms with Gasteiger partial charge in [-0.25, -0.2) is 0 Å². The first-order chi connectivity index (χ1) is 7.50. The zero-order valence-electron chi connectivity index (χ0n) is 11.2. The summed E-state index contributed by atoms with van der Waals surface area (Å²) in [7, 11) is -0.691. The molecule has 1 saturated carbocycles. The molecule has 1 aliphatic rings. The Morgan fingerprint density at radius 2 is 1.75 bits per heavy atom. The van der Waals surface area contributed by atoms with Crippen LogP contribution < -0.4 is 5.32 Å². The average molecular weight is 245 g/mol. The van der Waals surface area contributed by atoms with Crippen molar-refractivity contribution in [1.29, 1.82) is 0 Å². The first kappa shape index (κ1) is 14.2. The normalized spacial score (nSPS) is 30.3. The van der Waals surface area contributed by atoms with E-state index in [0.29, 0.717) is 6.04 Å². The van der Waals surface area contributed by atoms with Gasteiger partial charge in [-0.3, -0.25) is 4.21 Å². The second-order valence-corrected chi connectivity index (χ2v) is 7.38. The summed E-state index contributed by atoms with van der Waals surface area (Å²) in [6, 6.07) is 0.668. The van der Waals surface area contributed by atoms with Crippen molar-refractivity contribution in [3.8, 4) is 0 Å². The van der Waals surface area contributed by atoms with Gasteiger partial charge in [-0.2, -0.15) is 0 Å². The summed E-state index contributed by atoms with van der Waals surface area (Å²) in [6.45, 7) is 7.63. The Balaban J connectivity index is 2.20. The Kier molecular flexibility index (Phi) is 5.98. The molecule has 2 unspecified atom stereocenters. The fraction of sp³-hybridized carbons (Fsp3) is 1.00. The molecule has 0 aliphatic heterocycles. The molecule has 0 saturated heterocycles. The van der Waals surface area contributed by atoms with Crippen molar-refractivity contribution in [3.05, 3.63) is 0 Å². The molecule has 0 radical (unpaired) electrons. The average Bonchev–Trinajstić information content (AvgIpc) is 2.26. The van der Waals surface area contributed by atoms with Crippen molar-refractivity contribution in [2.45, 2.75) is 57.7 Å². The van der Waals surface area contributed by atoms with Gasteiger partial charge in [0.1, 0.15) is 0 Å². The van der Waals surface area contributed by atoms with Gasteiger partial charge >= 0.3 is 0 Å². The zero-order chi connectivity index (χ0) is 12.1. The van der Waals surface area contributed by atoms with Gasteiger partial charge in [-0.15, -0.1) is 0 Å². The lowest BCUT2D eigenvalue weighted by molar-refractivity contribution is 0.239. The fourth-order valence-electron chi connectivity index (χ4n) is 2.44. The van der Waals surface area contributed by atoms with Crippen LogP contribution in [0.2, 0.25) is 0 Å². The Labute approximate surface area is 103 Å². The van der Waals surface area contributed by atoms with Gasteiger partial charge in [0.2, 0.25) is 0 Å². The summed E-state index contributed by atoms with van der Waals surface area (Å²) < 4.78 is 11.2. The molecule has 3 heteroatoms. The first-order valence-corrected chi connectivity index (χ1v) is 8.18. The summed E-state index contributed by atoms with van der Waals surface area (Å²) >= 11 is 0. The minimum Gasteiger partial charge on any atom is -0.313 e. The molecular formula is C13H27NOS. The van der Waals surface area contributed by atoms with E-state index in [4.69, 9.17) is 0 Å². The topological polar surface area (TPSA) is 29.1 Å². The van der Waals surface area contributed by atoms with Crippen molar-refractivity contribution in [2.75, 3.05) is 12.8 Å². The monoisotopic (exact) mass is 245 g/mol. The van der Waals surface area contributed by atoms with Crippen LogP contribution >= 0.6 is 0 Å². The zero-order valence-corrected chi connectivity index (χ0v) is 12.0. The number of nitrogens with one attached hydrogen (secondary N) is 1. The Morgan fingerprint density at radius 1 is 1.19 bits per heavy atom. The fourth-order valence-corrected chi connectivity index (χ4v) is 2.77. The third-order valence-electron chi connectivity index (χ3n) is 3.98. The highest BCUT2D eigenvalue weighted by Crippen LogP contribution is 2.29. The van der Waals surface area contributed by atoms with Gasteiger partial charge in [0.05, 0.1) is 0 Å². The highest BCUT2D eigenvalue weighted by Gasteiger charge is 2.23. The third-order valence-corrected chi connectivity index (χ3v) is 5.28. The van der Waals surface area contributed by atoms with Crippen molar-refractivity contribution in [2.24, 2.45) is 11.8 Å². The Bertz CT molecular complexity index is 222. The van der Waals surface area contributed by atoms with Gasteiger partial charge in [0.25, 0.3) is 0 Å². The predicted octanol–water partition coefficient (Wildman–Crippen LogP) is 2.56. The molecule has 0 aromatic heterocycles. The Hall–Kier alpha value is 0.110. The summed E-state index contributed by atoms with van der Waals surface area (Å²) in [6.07, 6.45) is 7.11. The summed E-state index contributed by atoms with van der Waals surface area (Å²) in [5, 5.41) is 3.85. The molecule has 16 heavy (non-hydrogen) atoms. The van der Waals surface area contributed by atoms with E-state index in [-0.39, 0.29) is 5.25 Å². The molecule has 2 nitrogen and oxygen atoms in total. The molecule has 0 spiro atoms. The smallest absolute Gasteiger partial charge is 0.0441 e.